The molecule has 1 saturated heterocycles. The third-order valence-electron chi connectivity index (χ3n) is 6.96. The average molecular weight is 465 g/mol. The van der Waals surface area contributed by atoms with Crippen molar-refractivity contribution in [2.45, 2.75) is 38.5 Å². The Bertz CT molecular complexity index is 1010. The van der Waals surface area contributed by atoms with Gasteiger partial charge in [-0.15, -0.1) is 0 Å². The first-order chi connectivity index (χ1) is 16.5. The normalized spacial score (nSPS) is 18.9. The van der Waals surface area contributed by atoms with Crippen molar-refractivity contribution in [3.8, 4) is 11.1 Å². The molecule has 0 radical (unpaired) electrons. The van der Waals surface area contributed by atoms with E-state index in [9.17, 15) is 19.5 Å². The molecule has 1 heterocycles. The minimum absolute atomic E-state index is 0.0112. The van der Waals surface area contributed by atoms with Crippen LogP contribution in [0.5, 0.6) is 0 Å². The maximum Gasteiger partial charge on any atom is 0.407 e. The molecule has 0 spiro atoms. The SMILES string of the molecule is C[C@@H]1CN(C(=O)CCCCCNC(=O)OCC2c3ccccc3-c3ccccc32)C[C@H]1C(=O)O. The van der Waals surface area contributed by atoms with E-state index in [2.05, 4.69) is 29.6 Å². The number of likely N-dealkylation sites (tertiary alicyclic amines) is 1. The molecule has 2 N–H and O–H groups in total. The first kappa shape index (κ1) is 23.8. The van der Waals surface area contributed by atoms with Gasteiger partial charge in [0.15, 0.2) is 0 Å². The second kappa shape index (κ2) is 10.7. The van der Waals surface area contributed by atoms with Gasteiger partial charge in [-0.05, 0) is 41.0 Å². The van der Waals surface area contributed by atoms with E-state index in [-0.39, 0.29) is 17.7 Å². The molecule has 7 nitrogen and oxygen atoms in total. The van der Waals surface area contributed by atoms with Gasteiger partial charge in [-0.2, -0.15) is 0 Å². The van der Waals surface area contributed by atoms with Crippen LogP contribution in [0.25, 0.3) is 11.1 Å². The summed E-state index contributed by atoms with van der Waals surface area (Å²) in [6, 6.07) is 16.5. The summed E-state index contributed by atoms with van der Waals surface area (Å²) in [6.45, 7) is 3.48. The number of nitrogens with zero attached hydrogens (tertiary/aromatic N) is 1. The van der Waals surface area contributed by atoms with Gasteiger partial charge in [-0.25, -0.2) is 4.79 Å². The third kappa shape index (κ3) is 5.24. The molecule has 1 fully saturated rings. The zero-order chi connectivity index (χ0) is 24.1. The zero-order valence-electron chi connectivity index (χ0n) is 19.5. The molecule has 7 heteroatoms. The van der Waals surface area contributed by atoms with Gasteiger partial charge in [0.1, 0.15) is 6.61 Å². The van der Waals surface area contributed by atoms with Crippen LogP contribution < -0.4 is 5.32 Å². The number of rotatable bonds is 9. The highest BCUT2D eigenvalue weighted by molar-refractivity contribution is 5.79. The molecular weight excluding hydrogens is 432 g/mol. The number of aliphatic carboxylic acids is 1. The quantitative estimate of drug-likeness (QED) is 0.541. The van der Waals surface area contributed by atoms with Gasteiger partial charge in [0, 0.05) is 32.0 Å². The lowest BCUT2D eigenvalue weighted by atomic mass is 9.98. The number of fused-ring (bicyclic) bond motifs is 3. The minimum atomic E-state index is -0.831. The molecule has 180 valence electrons. The Balaban J connectivity index is 1.13. The topological polar surface area (TPSA) is 95.9 Å². The Kier molecular flexibility index (Phi) is 7.50. The van der Waals surface area contributed by atoms with Gasteiger partial charge in [0.2, 0.25) is 5.91 Å². The van der Waals surface area contributed by atoms with Crippen molar-refractivity contribution in [2.75, 3.05) is 26.2 Å². The summed E-state index contributed by atoms with van der Waals surface area (Å²) in [6.07, 6.45) is 2.26. The van der Waals surface area contributed by atoms with Crippen LogP contribution in [0.2, 0.25) is 0 Å². The molecule has 1 aliphatic heterocycles. The lowest BCUT2D eigenvalue weighted by Gasteiger charge is -2.16. The number of unbranched alkanes of at least 4 members (excludes halogenated alkanes) is 2. The van der Waals surface area contributed by atoms with Crippen LogP contribution in [0.4, 0.5) is 4.79 Å². The molecule has 34 heavy (non-hydrogen) atoms. The van der Waals surface area contributed by atoms with E-state index in [1.165, 1.54) is 22.3 Å². The Morgan fingerprint density at radius 1 is 0.971 bits per heavy atom. The van der Waals surface area contributed by atoms with Crippen molar-refractivity contribution in [2.24, 2.45) is 11.8 Å². The van der Waals surface area contributed by atoms with Crippen LogP contribution in [-0.2, 0) is 14.3 Å². The summed E-state index contributed by atoms with van der Waals surface area (Å²) >= 11 is 0. The maximum absolute atomic E-state index is 12.3. The van der Waals surface area contributed by atoms with Gasteiger partial charge in [0.25, 0.3) is 0 Å². The minimum Gasteiger partial charge on any atom is -0.481 e. The first-order valence-electron chi connectivity index (χ1n) is 12.0. The number of alkyl carbamates (subject to hydrolysis) is 1. The molecule has 0 saturated carbocycles. The second-order valence-corrected chi connectivity index (χ2v) is 9.28. The first-order valence-corrected chi connectivity index (χ1v) is 12.0. The average Bonchev–Trinajstić information content (AvgIpc) is 3.38. The molecule has 2 aliphatic rings. The Labute approximate surface area is 200 Å². The summed E-state index contributed by atoms with van der Waals surface area (Å²) in [5.74, 6) is -1.26. The van der Waals surface area contributed by atoms with Gasteiger partial charge < -0.3 is 20.1 Å². The molecule has 0 unspecified atom stereocenters. The predicted octanol–water partition coefficient (Wildman–Crippen LogP) is 4.26. The van der Waals surface area contributed by atoms with Crippen molar-refractivity contribution >= 4 is 18.0 Å². The summed E-state index contributed by atoms with van der Waals surface area (Å²) in [5.41, 5.74) is 4.76. The number of hydrogen-bond acceptors (Lipinski definition) is 4. The fourth-order valence-corrected chi connectivity index (χ4v) is 5.07. The Hall–Kier alpha value is -3.35. The number of carboxylic acid groups (broad SMARTS) is 1. The van der Waals surface area contributed by atoms with Crippen molar-refractivity contribution in [1.29, 1.82) is 0 Å². The van der Waals surface area contributed by atoms with E-state index in [4.69, 9.17) is 4.74 Å². The van der Waals surface area contributed by atoms with Gasteiger partial charge in [-0.1, -0.05) is 61.9 Å². The van der Waals surface area contributed by atoms with E-state index in [1.54, 1.807) is 4.90 Å². The van der Waals surface area contributed by atoms with Crippen molar-refractivity contribution in [1.82, 2.24) is 10.2 Å². The molecule has 2 aromatic rings. The lowest BCUT2D eigenvalue weighted by Crippen LogP contribution is -2.29. The number of carbonyl (C=O) groups is 3. The number of ether oxygens (including phenoxy) is 1. The third-order valence-corrected chi connectivity index (χ3v) is 6.96. The molecular formula is C27H32N2O5. The monoisotopic (exact) mass is 464 g/mol. The highest BCUT2D eigenvalue weighted by atomic mass is 16.5. The highest BCUT2D eigenvalue weighted by Gasteiger charge is 2.36. The lowest BCUT2D eigenvalue weighted by molar-refractivity contribution is -0.142. The maximum atomic E-state index is 12.3. The van der Waals surface area contributed by atoms with Crippen molar-refractivity contribution in [3.05, 3.63) is 59.7 Å². The van der Waals surface area contributed by atoms with Crippen LogP contribution in [0.3, 0.4) is 0 Å². The van der Waals surface area contributed by atoms with E-state index in [0.29, 0.717) is 39.1 Å². The molecule has 4 rings (SSSR count). The number of amides is 2. The van der Waals surface area contributed by atoms with Gasteiger partial charge >= 0.3 is 12.1 Å². The molecule has 1 aliphatic carbocycles. The summed E-state index contributed by atoms with van der Waals surface area (Å²) in [4.78, 5) is 37.4. The summed E-state index contributed by atoms with van der Waals surface area (Å²) in [7, 11) is 0. The Morgan fingerprint density at radius 2 is 1.62 bits per heavy atom. The fourth-order valence-electron chi connectivity index (χ4n) is 5.07. The zero-order valence-corrected chi connectivity index (χ0v) is 19.5. The Morgan fingerprint density at radius 3 is 2.24 bits per heavy atom. The second-order valence-electron chi connectivity index (χ2n) is 9.28. The number of carboxylic acids is 1. The molecule has 0 bridgehead atoms. The molecule has 2 amide bonds. The summed E-state index contributed by atoms with van der Waals surface area (Å²) in [5, 5.41) is 12.0. The van der Waals surface area contributed by atoms with Crippen LogP contribution in [0, 0.1) is 11.8 Å². The summed E-state index contributed by atoms with van der Waals surface area (Å²) < 4.78 is 5.53. The van der Waals surface area contributed by atoms with Crippen LogP contribution in [0.15, 0.2) is 48.5 Å². The molecule has 0 aromatic heterocycles. The van der Waals surface area contributed by atoms with Crippen LogP contribution >= 0.6 is 0 Å². The number of benzene rings is 2. The number of hydrogen-bond donors (Lipinski definition) is 2. The molecule has 2 atom stereocenters. The van der Waals surface area contributed by atoms with Gasteiger partial charge in [0.05, 0.1) is 5.92 Å². The molecule has 2 aromatic carbocycles. The highest BCUT2D eigenvalue weighted by Crippen LogP contribution is 2.44. The number of carbonyl (C=O) groups excluding carboxylic acids is 2. The predicted molar refractivity (Wildman–Crippen MR) is 128 cm³/mol. The number of nitrogens with one attached hydrogen (secondary N) is 1. The largest absolute Gasteiger partial charge is 0.481 e. The van der Waals surface area contributed by atoms with Gasteiger partial charge in [-0.3, -0.25) is 9.59 Å². The fraction of sp³-hybridized carbons (Fsp3) is 0.444. The van der Waals surface area contributed by atoms with Crippen molar-refractivity contribution < 1.29 is 24.2 Å². The van der Waals surface area contributed by atoms with E-state index >= 15 is 0 Å². The van der Waals surface area contributed by atoms with E-state index < -0.39 is 18.0 Å². The van der Waals surface area contributed by atoms with Crippen LogP contribution in [-0.4, -0.2) is 54.2 Å². The standard InChI is InChI=1S/C27H32N2O5/c1-18-15-29(16-23(18)26(31)32)25(30)13-3-2-8-14-28-27(33)34-17-24-21-11-6-4-9-19(21)20-10-5-7-12-22(20)24/h4-7,9-12,18,23-24H,2-3,8,13-17H2,1H3,(H,28,33)(H,31,32)/t18-,23-/m1/s1. The van der Waals surface area contributed by atoms with Crippen LogP contribution in [0.1, 0.15) is 49.7 Å². The smallest absolute Gasteiger partial charge is 0.407 e. The van der Waals surface area contributed by atoms with Crippen molar-refractivity contribution in [3.63, 3.8) is 0 Å². The van der Waals surface area contributed by atoms with E-state index in [1.807, 2.05) is 31.2 Å². The van der Waals surface area contributed by atoms with E-state index in [0.717, 1.165) is 12.8 Å².